The van der Waals surface area contributed by atoms with Crippen molar-refractivity contribution in [2.24, 2.45) is 37.9 Å². The second-order valence-electron chi connectivity index (χ2n) is 26.6. The van der Waals surface area contributed by atoms with Crippen molar-refractivity contribution in [2.45, 2.75) is 192 Å². The van der Waals surface area contributed by atoms with Crippen LogP contribution in [-0.4, -0.2) is 131 Å². The van der Waals surface area contributed by atoms with Gasteiger partial charge in [0.1, 0.15) is 5.60 Å². The molecule has 0 spiro atoms. The molecule has 0 aliphatic heterocycles. The van der Waals surface area contributed by atoms with Gasteiger partial charge in [-0.15, -0.1) is 12.3 Å². The van der Waals surface area contributed by atoms with Crippen LogP contribution < -0.4 is 15.4 Å². The number of nitrogens with zero attached hydrogens (tertiary/aromatic N) is 1. The van der Waals surface area contributed by atoms with Crippen LogP contribution in [0.4, 0.5) is 4.79 Å². The lowest BCUT2D eigenvalue weighted by atomic mass is 9.93. The molecule has 0 saturated carbocycles. The van der Waals surface area contributed by atoms with Crippen molar-refractivity contribution in [3.8, 4) is 12.3 Å². The fourth-order valence-corrected chi connectivity index (χ4v) is 4.28. The van der Waals surface area contributed by atoms with Gasteiger partial charge in [0.15, 0.2) is 0 Å². The number of amides is 2. The van der Waals surface area contributed by atoms with E-state index in [-0.39, 0.29) is 33.7 Å². The summed E-state index contributed by atoms with van der Waals surface area (Å²) in [5.74, 6) is 2.65. The van der Waals surface area contributed by atoms with Crippen LogP contribution in [0.25, 0.3) is 0 Å². The summed E-state index contributed by atoms with van der Waals surface area (Å²) < 4.78 is 49.0. The van der Waals surface area contributed by atoms with Crippen LogP contribution in [0.1, 0.15) is 186 Å². The first-order valence-electron chi connectivity index (χ1n) is 24.2. The zero-order chi connectivity index (χ0) is 56.1. The minimum absolute atomic E-state index is 0.0169. The molecule has 0 unspecified atom stereocenters. The SMILES string of the molecule is C#CC(C)(C)C.CC(=O)NCC(C)(C)C.CC(C)(C)CNC(=O)OC(C)(C)C.CC(C)(C)CNS(C)(=O)=O.CN(C)CC(C)(C)C.COCCOCCC(C)(C)C.COCCOCCC(C)(C)C. The Kier molecular flexibility index (Phi) is 46.7. The highest BCUT2D eigenvalue weighted by Gasteiger charge is 2.18. The number of sulfonamides is 1. The van der Waals surface area contributed by atoms with Crippen molar-refractivity contribution in [2.75, 3.05) is 100 Å². The summed E-state index contributed by atoms with van der Waals surface area (Å²) in [6.07, 6.45) is 8.09. The van der Waals surface area contributed by atoms with E-state index in [0.29, 0.717) is 55.8 Å². The summed E-state index contributed by atoms with van der Waals surface area (Å²) in [7, 11) is 4.57. The Bertz CT molecular complexity index is 1310. The molecule has 13 nitrogen and oxygen atoms in total. The maximum atomic E-state index is 11.2. The number of terminal acetylenes is 1. The quantitative estimate of drug-likeness (QED) is 0.107. The normalized spacial score (nSPS) is 12.1. The Labute approximate surface area is 424 Å². The zero-order valence-corrected chi connectivity index (χ0v) is 51.4. The highest BCUT2D eigenvalue weighted by Crippen LogP contribution is 2.19. The van der Waals surface area contributed by atoms with Crippen molar-refractivity contribution in [3.63, 3.8) is 0 Å². The third-order valence-corrected chi connectivity index (χ3v) is 7.64. The molecule has 14 heteroatoms. The highest BCUT2D eigenvalue weighted by molar-refractivity contribution is 7.88. The molecule has 0 bridgehead atoms. The number of rotatable bonds is 15. The molecular formula is C54H118N4O9S. The predicted molar refractivity (Wildman–Crippen MR) is 294 cm³/mol. The van der Waals surface area contributed by atoms with Gasteiger partial charge < -0.3 is 39.2 Å². The molecule has 0 saturated heterocycles. The van der Waals surface area contributed by atoms with Gasteiger partial charge >= 0.3 is 6.09 Å². The average Bonchev–Trinajstić information content (AvgIpc) is 3.06. The number of carbonyl (C=O) groups excluding carboxylic acids is 2. The molecule has 0 fully saturated rings. The van der Waals surface area contributed by atoms with Crippen molar-refractivity contribution in [3.05, 3.63) is 0 Å². The Morgan fingerprint density at radius 1 is 0.529 bits per heavy atom. The van der Waals surface area contributed by atoms with Crippen molar-refractivity contribution >= 4 is 22.0 Å². The Morgan fingerprint density at radius 3 is 1.01 bits per heavy atom. The molecule has 0 aromatic rings. The highest BCUT2D eigenvalue weighted by atomic mass is 32.2. The molecule has 0 atom stereocenters. The minimum Gasteiger partial charge on any atom is -0.444 e. The van der Waals surface area contributed by atoms with Crippen LogP contribution in [0.3, 0.4) is 0 Å². The van der Waals surface area contributed by atoms with E-state index in [1.54, 1.807) is 14.2 Å². The lowest BCUT2D eigenvalue weighted by Crippen LogP contribution is -2.37. The topological polar surface area (TPSA) is 154 Å². The predicted octanol–water partition coefficient (Wildman–Crippen LogP) is 11.7. The van der Waals surface area contributed by atoms with Crippen LogP contribution in [0.2, 0.25) is 0 Å². The first-order valence-corrected chi connectivity index (χ1v) is 26.1. The van der Waals surface area contributed by atoms with Gasteiger partial charge in [0, 0.05) is 66.0 Å². The first kappa shape index (κ1) is 80.1. The number of ether oxygens (including phenoxy) is 5. The van der Waals surface area contributed by atoms with Gasteiger partial charge in [0.05, 0.1) is 32.7 Å². The molecule has 0 rings (SSSR count). The molecule has 414 valence electrons. The van der Waals surface area contributed by atoms with Crippen molar-refractivity contribution < 1.29 is 41.7 Å². The first-order chi connectivity index (χ1) is 29.8. The van der Waals surface area contributed by atoms with Gasteiger partial charge in [-0.25, -0.2) is 17.9 Å². The van der Waals surface area contributed by atoms with E-state index < -0.39 is 15.6 Å². The van der Waals surface area contributed by atoms with Gasteiger partial charge in [-0.05, 0) is 101 Å². The number of methoxy groups -OCH3 is 2. The molecule has 2 amide bonds. The van der Waals surface area contributed by atoms with E-state index in [4.69, 9.17) is 30.1 Å². The summed E-state index contributed by atoms with van der Waals surface area (Å²) in [5.41, 5.74) is 1.18. The smallest absolute Gasteiger partial charge is 0.407 e. The summed E-state index contributed by atoms with van der Waals surface area (Å²) in [5, 5.41) is 5.46. The fourth-order valence-electron chi connectivity index (χ4n) is 3.58. The summed E-state index contributed by atoms with van der Waals surface area (Å²) in [4.78, 5) is 23.8. The maximum Gasteiger partial charge on any atom is 0.407 e. The van der Waals surface area contributed by atoms with Gasteiger partial charge in [-0.3, -0.25) is 4.79 Å². The number of hydrogen-bond donors (Lipinski definition) is 3. The fraction of sp³-hybridized carbons (Fsp3) is 0.926. The second-order valence-corrected chi connectivity index (χ2v) is 28.4. The zero-order valence-electron chi connectivity index (χ0n) is 50.6. The van der Waals surface area contributed by atoms with Crippen LogP contribution in [-0.2, 0) is 38.5 Å². The summed E-state index contributed by atoms with van der Waals surface area (Å²) >= 11 is 0. The van der Waals surface area contributed by atoms with Crippen LogP contribution >= 0.6 is 0 Å². The Hall–Kier alpha value is -1.99. The van der Waals surface area contributed by atoms with E-state index in [2.05, 4.69) is 144 Å². The maximum absolute atomic E-state index is 11.2. The number of alkyl carbamates (subject to hydrolysis) is 1. The number of nitrogens with one attached hydrogen (secondary N) is 3. The second kappa shape index (κ2) is 39.6. The molecule has 0 aliphatic rings. The molecule has 0 aromatic heterocycles. The molecular weight excluding hydrogens is 881 g/mol. The van der Waals surface area contributed by atoms with Crippen LogP contribution in [0.15, 0.2) is 0 Å². The monoisotopic (exact) mass is 999 g/mol. The average molecular weight is 1000 g/mol. The molecule has 3 N–H and O–H groups in total. The third kappa shape index (κ3) is 120. The summed E-state index contributed by atoms with van der Waals surface area (Å²) in [6.45, 7) is 59.0. The third-order valence-electron chi connectivity index (χ3n) is 6.97. The molecule has 0 aromatic carbocycles. The van der Waals surface area contributed by atoms with E-state index in [1.807, 2.05) is 62.3 Å². The van der Waals surface area contributed by atoms with Gasteiger partial charge in [-0.1, -0.05) is 125 Å². The number of carbonyl (C=O) groups is 2. The Morgan fingerprint density at radius 2 is 0.853 bits per heavy atom. The molecule has 0 heterocycles. The van der Waals surface area contributed by atoms with E-state index in [1.165, 1.54) is 13.2 Å². The van der Waals surface area contributed by atoms with Crippen molar-refractivity contribution in [1.82, 2.24) is 20.3 Å². The molecule has 68 heavy (non-hydrogen) atoms. The summed E-state index contributed by atoms with van der Waals surface area (Å²) in [6, 6.07) is 0. The lowest BCUT2D eigenvalue weighted by Gasteiger charge is -2.23. The van der Waals surface area contributed by atoms with Gasteiger partial charge in [0.2, 0.25) is 15.9 Å². The largest absolute Gasteiger partial charge is 0.444 e. The Balaban J connectivity index is -0.000000129. The molecule has 0 radical (unpaired) electrons. The number of hydrogen-bond acceptors (Lipinski definition) is 10. The van der Waals surface area contributed by atoms with Gasteiger partial charge in [-0.2, -0.15) is 0 Å². The van der Waals surface area contributed by atoms with E-state index in [9.17, 15) is 18.0 Å². The molecule has 0 aliphatic carbocycles. The standard InChI is InChI=1S/C10H21NO2.2C9H20O2.C7H15NO.C7H17N.C6H15NO2S.C6H10/c1-9(2,3)7-11-8(12)13-10(4,5)6;2*1-9(2,3)5-6-11-8-7-10-4;1-6(9)8-5-7(2,3)4;1-7(2,3)6-8(4)5;1-6(2,3)5-7-10(4,8)9;1-5-6(2,3)4/h7H2,1-6H3,(H,11,12);2*5-8H2,1-4H3;5H2,1-4H3,(H,8,9);6H2,1-5H3;7H,5H2,1-4H3;1H,2-4H3. The van der Waals surface area contributed by atoms with E-state index in [0.717, 1.165) is 39.1 Å². The lowest BCUT2D eigenvalue weighted by molar-refractivity contribution is -0.119. The van der Waals surface area contributed by atoms with Crippen LogP contribution in [0, 0.1) is 50.2 Å². The van der Waals surface area contributed by atoms with Crippen LogP contribution in [0.5, 0.6) is 0 Å². The van der Waals surface area contributed by atoms with E-state index >= 15 is 0 Å². The van der Waals surface area contributed by atoms with Gasteiger partial charge in [0.25, 0.3) is 0 Å². The minimum atomic E-state index is -3.01. The van der Waals surface area contributed by atoms with Crippen molar-refractivity contribution in [1.29, 1.82) is 0 Å².